The molecule has 0 aliphatic carbocycles. The number of amides is 2. The molecule has 6 heteroatoms. The Morgan fingerprint density at radius 1 is 1.30 bits per heavy atom. The molecule has 1 aliphatic rings. The molecule has 1 atom stereocenters. The molecule has 0 radical (unpaired) electrons. The molecule has 0 saturated heterocycles. The van der Waals surface area contributed by atoms with Gasteiger partial charge in [0.05, 0.1) is 16.6 Å². The average Bonchev–Trinajstić information content (AvgIpc) is 2.52. The zero-order chi connectivity index (χ0) is 16.6. The molecule has 1 N–H and O–H groups in total. The number of anilines is 2. The van der Waals surface area contributed by atoms with Gasteiger partial charge in [0.15, 0.2) is 0 Å². The molecule has 0 bridgehead atoms. The van der Waals surface area contributed by atoms with Crippen LogP contribution in [0.5, 0.6) is 0 Å². The summed E-state index contributed by atoms with van der Waals surface area (Å²) in [6.45, 7) is 0. The van der Waals surface area contributed by atoms with E-state index in [1.165, 1.54) is 4.90 Å². The maximum absolute atomic E-state index is 12.9. The molecule has 2 aromatic carbocycles. The minimum atomic E-state index is -0.510. The van der Waals surface area contributed by atoms with Gasteiger partial charge in [-0.15, -0.1) is 0 Å². The molecule has 3 rings (SSSR count). The first-order chi connectivity index (χ1) is 11.0. The number of likely N-dealkylation sites (N-methyl/N-ethyl adjacent to an activating group) is 1. The molecule has 2 aromatic rings. The number of nitrogens with zero attached hydrogens (tertiary/aromatic N) is 1. The van der Waals surface area contributed by atoms with E-state index in [0.717, 1.165) is 10.0 Å². The summed E-state index contributed by atoms with van der Waals surface area (Å²) >= 11 is 9.58. The van der Waals surface area contributed by atoms with Gasteiger partial charge in [0.25, 0.3) is 0 Å². The van der Waals surface area contributed by atoms with Crippen LogP contribution in [0.3, 0.4) is 0 Å². The maximum atomic E-state index is 12.9. The zero-order valence-electron chi connectivity index (χ0n) is 12.3. The lowest BCUT2D eigenvalue weighted by molar-refractivity contribution is -0.124. The van der Waals surface area contributed by atoms with Crippen LogP contribution in [0.25, 0.3) is 0 Å². The van der Waals surface area contributed by atoms with Crippen LogP contribution in [0, 0.1) is 0 Å². The summed E-state index contributed by atoms with van der Waals surface area (Å²) in [5.74, 6) is -0.821. The minimum absolute atomic E-state index is 0.133. The number of rotatable bonds is 2. The van der Waals surface area contributed by atoms with Gasteiger partial charge in [-0.05, 0) is 29.8 Å². The lowest BCUT2D eigenvalue weighted by atomic mass is 9.89. The molecule has 1 aliphatic heterocycles. The topological polar surface area (TPSA) is 49.4 Å². The Morgan fingerprint density at radius 3 is 2.78 bits per heavy atom. The molecule has 0 spiro atoms. The second kappa shape index (κ2) is 6.34. The number of nitrogens with one attached hydrogen (secondary N) is 1. The first-order valence-corrected chi connectivity index (χ1v) is 8.26. The summed E-state index contributed by atoms with van der Waals surface area (Å²) in [7, 11) is 1.67. The van der Waals surface area contributed by atoms with E-state index in [2.05, 4.69) is 21.2 Å². The van der Waals surface area contributed by atoms with Gasteiger partial charge in [-0.2, -0.15) is 0 Å². The molecule has 1 unspecified atom stereocenters. The Bertz CT molecular complexity index is 794. The Balaban J connectivity index is 1.95. The van der Waals surface area contributed by atoms with E-state index >= 15 is 0 Å². The SMILES string of the molecule is CN(C(=O)C1CC(=O)Nc2ccccc21)c1ccc(Br)cc1Cl. The van der Waals surface area contributed by atoms with Crippen molar-refractivity contribution < 1.29 is 9.59 Å². The lowest BCUT2D eigenvalue weighted by Gasteiger charge is -2.29. The Labute approximate surface area is 147 Å². The number of carbonyl (C=O) groups is 2. The van der Waals surface area contributed by atoms with E-state index in [4.69, 9.17) is 11.6 Å². The normalized spacial score (nSPS) is 16.5. The van der Waals surface area contributed by atoms with Crippen molar-refractivity contribution >= 4 is 50.7 Å². The van der Waals surface area contributed by atoms with Crippen molar-refractivity contribution in [3.8, 4) is 0 Å². The molecule has 0 saturated carbocycles. The summed E-state index contributed by atoms with van der Waals surface area (Å²) < 4.78 is 0.842. The van der Waals surface area contributed by atoms with Crippen LogP contribution in [0.1, 0.15) is 17.9 Å². The first-order valence-electron chi connectivity index (χ1n) is 7.09. The molecular weight excluding hydrogens is 380 g/mol. The third-order valence-corrected chi connectivity index (χ3v) is 4.70. The van der Waals surface area contributed by atoms with Crippen molar-refractivity contribution in [1.29, 1.82) is 0 Å². The van der Waals surface area contributed by atoms with Crippen LogP contribution in [0.2, 0.25) is 5.02 Å². The predicted molar refractivity (Wildman–Crippen MR) is 95.0 cm³/mol. The molecular formula is C17H14BrClN2O2. The highest BCUT2D eigenvalue weighted by atomic mass is 79.9. The fraction of sp³-hybridized carbons (Fsp3) is 0.176. The number of para-hydroxylation sites is 1. The standard InChI is InChI=1S/C17H14BrClN2O2/c1-21(15-7-6-10(18)8-13(15)19)17(23)12-9-16(22)20-14-5-3-2-4-11(12)14/h2-8,12H,9H2,1H3,(H,20,22). The second-order valence-electron chi connectivity index (χ2n) is 5.39. The summed E-state index contributed by atoms with van der Waals surface area (Å²) in [4.78, 5) is 26.3. The van der Waals surface area contributed by atoms with Gasteiger partial charge in [0.2, 0.25) is 11.8 Å². The van der Waals surface area contributed by atoms with E-state index in [1.54, 1.807) is 25.2 Å². The van der Waals surface area contributed by atoms with Gasteiger partial charge in [-0.1, -0.05) is 45.7 Å². The van der Waals surface area contributed by atoms with Crippen molar-refractivity contribution in [2.75, 3.05) is 17.3 Å². The maximum Gasteiger partial charge on any atom is 0.234 e. The van der Waals surface area contributed by atoms with Gasteiger partial charge in [-0.3, -0.25) is 9.59 Å². The molecule has 0 aromatic heterocycles. The van der Waals surface area contributed by atoms with E-state index in [9.17, 15) is 9.59 Å². The number of benzene rings is 2. The first kappa shape index (κ1) is 16.0. The van der Waals surface area contributed by atoms with Crippen LogP contribution in [-0.2, 0) is 9.59 Å². The van der Waals surface area contributed by atoms with Gasteiger partial charge >= 0.3 is 0 Å². The van der Waals surface area contributed by atoms with Gasteiger partial charge < -0.3 is 10.2 Å². The van der Waals surface area contributed by atoms with Crippen LogP contribution in [-0.4, -0.2) is 18.9 Å². The zero-order valence-corrected chi connectivity index (χ0v) is 14.7. The van der Waals surface area contributed by atoms with Crippen molar-refractivity contribution in [3.05, 3.63) is 57.5 Å². The molecule has 23 heavy (non-hydrogen) atoms. The van der Waals surface area contributed by atoms with Crippen molar-refractivity contribution in [2.24, 2.45) is 0 Å². The van der Waals surface area contributed by atoms with Crippen LogP contribution in [0.15, 0.2) is 46.9 Å². The fourth-order valence-electron chi connectivity index (χ4n) is 2.74. The molecule has 118 valence electrons. The summed E-state index contributed by atoms with van der Waals surface area (Å²) in [5.41, 5.74) is 2.14. The van der Waals surface area contributed by atoms with E-state index < -0.39 is 5.92 Å². The highest BCUT2D eigenvalue weighted by molar-refractivity contribution is 9.10. The number of carbonyl (C=O) groups excluding carboxylic acids is 2. The number of halogens is 2. The van der Waals surface area contributed by atoms with Crippen molar-refractivity contribution in [1.82, 2.24) is 0 Å². The average molecular weight is 394 g/mol. The highest BCUT2D eigenvalue weighted by Crippen LogP contribution is 2.36. The molecule has 0 fully saturated rings. The Kier molecular flexibility index (Phi) is 4.41. The molecule has 2 amide bonds. The van der Waals surface area contributed by atoms with Crippen molar-refractivity contribution in [2.45, 2.75) is 12.3 Å². The van der Waals surface area contributed by atoms with Gasteiger partial charge in [0.1, 0.15) is 0 Å². The summed E-state index contributed by atoms with van der Waals surface area (Å²) in [6.07, 6.45) is 0.133. The van der Waals surface area contributed by atoms with Crippen LogP contribution in [0.4, 0.5) is 11.4 Å². The van der Waals surface area contributed by atoms with Crippen LogP contribution >= 0.6 is 27.5 Å². The number of hydrogen-bond acceptors (Lipinski definition) is 2. The minimum Gasteiger partial charge on any atom is -0.326 e. The monoisotopic (exact) mass is 392 g/mol. The van der Waals surface area contributed by atoms with Gasteiger partial charge in [-0.25, -0.2) is 0 Å². The van der Waals surface area contributed by atoms with E-state index in [1.807, 2.05) is 24.3 Å². The van der Waals surface area contributed by atoms with E-state index in [0.29, 0.717) is 16.4 Å². The fourth-order valence-corrected chi connectivity index (χ4v) is 3.54. The molecule has 4 nitrogen and oxygen atoms in total. The Hall–Kier alpha value is -1.85. The second-order valence-corrected chi connectivity index (χ2v) is 6.71. The molecule has 1 heterocycles. The predicted octanol–water partition coefficient (Wildman–Crippen LogP) is 4.19. The third kappa shape index (κ3) is 3.12. The summed E-state index contributed by atoms with van der Waals surface area (Å²) in [6, 6.07) is 12.7. The smallest absolute Gasteiger partial charge is 0.234 e. The summed E-state index contributed by atoms with van der Waals surface area (Å²) in [5, 5.41) is 3.28. The Morgan fingerprint density at radius 2 is 2.04 bits per heavy atom. The lowest BCUT2D eigenvalue weighted by Crippen LogP contribution is -2.36. The van der Waals surface area contributed by atoms with E-state index in [-0.39, 0.29) is 18.2 Å². The van der Waals surface area contributed by atoms with Crippen molar-refractivity contribution in [3.63, 3.8) is 0 Å². The largest absolute Gasteiger partial charge is 0.326 e. The third-order valence-electron chi connectivity index (χ3n) is 3.90. The van der Waals surface area contributed by atoms with Crippen LogP contribution < -0.4 is 10.2 Å². The van der Waals surface area contributed by atoms with Gasteiger partial charge in [0, 0.05) is 23.6 Å². The number of hydrogen-bond donors (Lipinski definition) is 1. The number of fused-ring (bicyclic) bond motifs is 1. The highest BCUT2D eigenvalue weighted by Gasteiger charge is 2.33. The quantitative estimate of drug-likeness (QED) is 0.831.